The number of hydrogen-bond donors (Lipinski definition) is 0. The van der Waals surface area contributed by atoms with Crippen molar-refractivity contribution in [1.29, 1.82) is 0 Å². The standard InChI is InChI=1S/C13H14ClF3N4/c1-7-9(14)18-11(12(2,3)4)19-10(7)21-6-5-8(20-21)13(15,16)17/h5-6H,1-4H3. The first kappa shape index (κ1) is 15.8. The topological polar surface area (TPSA) is 43.6 Å². The summed E-state index contributed by atoms with van der Waals surface area (Å²) in [6.07, 6.45) is -3.29. The van der Waals surface area contributed by atoms with E-state index in [1.54, 1.807) is 6.92 Å². The number of alkyl halides is 3. The van der Waals surface area contributed by atoms with E-state index in [9.17, 15) is 13.2 Å². The summed E-state index contributed by atoms with van der Waals surface area (Å²) in [5, 5.41) is 3.72. The zero-order valence-corrected chi connectivity index (χ0v) is 12.7. The molecule has 2 aromatic rings. The van der Waals surface area contributed by atoms with Gasteiger partial charge in [0.15, 0.2) is 11.5 Å². The predicted molar refractivity (Wildman–Crippen MR) is 72.6 cm³/mol. The molecule has 0 radical (unpaired) electrons. The lowest BCUT2D eigenvalue weighted by atomic mass is 9.95. The quantitative estimate of drug-likeness (QED) is 0.748. The van der Waals surface area contributed by atoms with Gasteiger partial charge in [0.05, 0.1) is 0 Å². The van der Waals surface area contributed by atoms with Gasteiger partial charge in [0.2, 0.25) is 0 Å². The summed E-state index contributed by atoms with van der Waals surface area (Å²) in [5.74, 6) is 0.688. The highest BCUT2D eigenvalue weighted by atomic mass is 35.5. The van der Waals surface area contributed by atoms with Gasteiger partial charge < -0.3 is 0 Å². The molecule has 0 spiro atoms. The molecule has 0 saturated heterocycles. The van der Waals surface area contributed by atoms with Crippen LogP contribution < -0.4 is 0 Å². The van der Waals surface area contributed by atoms with Crippen molar-refractivity contribution in [3.05, 3.63) is 34.5 Å². The minimum absolute atomic E-state index is 0.203. The maximum Gasteiger partial charge on any atom is 0.435 e. The van der Waals surface area contributed by atoms with Gasteiger partial charge in [0, 0.05) is 17.2 Å². The van der Waals surface area contributed by atoms with Crippen molar-refractivity contribution in [3.63, 3.8) is 0 Å². The zero-order valence-electron chi connectivity index (χ0n) is 12.0. The van der Waals surface area contributed by atoms with Crippen LogP contribution in [0.4, 0.5) is 13.2 Å². The third kappa shape index (κ3) is 3.18. The monoisotopic (exact) mass is 318 g/mol. The van der Waals surface area contributed by atoms with Crippen LogP contribution in [0.5, 0.6) is 0 Å². The van der Waals surface area contributed by atoms with Crippen LogP contribution in [0.1, 0.15) is 37.9 Å². The van der Waals surface area contributed by atoms with Crippen molar-refractivity contribution in [1.82, 2.24) is 19.7 Å². The van der Waals surface area contributed by atoms with Crippen molar-refractivity contribution in [2.24, 2.45) is 0 Å². The molecule has 0 N–H and O–H groups in total. The first-order valence-electron chi connectivity index (χ1n) is 6.18. The van der Waals surface area contributed by atoms with Crippen molar-refractivity contribution in [3.8, 4) is 5.82 Å². The molecule has 0 aliphatic rings. The molecule has 21 heavy (non-hydrogen) atoms. The summed E-state index contributed by atoms with van der Waals surface area (Å²) in [5.41, 5.74) is -0.887. The lowest BCUT2D eigenvalue weighted by Crippen LogP contribution is -2.19. The number of aromatic nitrogens is 4. The number of nitrogens with zero attached hydrogens (tertiary/aromatic N) is 4. The predicted octanol–water partition coefficient (Wildman–Crippen LogP) is 3.94. The van der Waals surface area contributed by atoms with Gasteiger partial charge in [-0.05, 0) is 13.0 Å². The summed E-state index contributed by atoms with van der Waals surface area (Å²) < 4.78 is 39.0. The lowest BCUT2D eigenvalue weighted by molar-refractivity contribution is -0.141. The van der Waals surface area contributed by atoms with Crippen LogP contribution in [0.25, 0.3) is 5.82 Å². The first-order chi connectivity index (χ1) is 9.50. The van der Waals surface area contributed by atoms with Gasteiger partial charge in [0.1, 0.15) is 11.0 Å². The molecule has 2 heterocycles. The molecule has 4 nitrogen and oxygen atoms in total. The van der Waals surface area contributed by atoms with Crippen LogP contribution in [0.3, 0.4) is 0 Å². The van der Waals surface area contributed by atoms with Crippen molar-refractivity contribution >= 4 is 11.6 Å². The van der Waals surface area contributed by atoms with Gasteiger partial charge in [-0.1, -0.05) is 32.4 Å². The highest BCUT2D eigenvalue weighted by molar-refractivity contribution is 6.30. The van der Waals surface area contributed by atoms with E-state index in [2.05, 4.69) is 15.1 Å². The second kappa shape index (κ2) is 4.98. The number of rotatable bonds is 1. The largest absolute Gasteiger partial charge is 0.435 e. The minimum atomic E-state index is -4.50. The van der Waals surface area contributed by atoms with Crippen LogP contribution in [0.2, 0.25) is 5.15 Å². The summed E-state index contributed by atoms with van der Waals surface area (Å²) in [6, 6.07) is 0.895. The molecule has 0 aromatic carbocycles. The van der Waals surface area contributed by atoms with Crippen LogP contribution in [-0.4, -0.2) is 19.7 Å². The Kier molecular flexibility index (Phi) is 3.73. The van der Waals surface area contributed by atoms with Gasteiger partial charge in [-0.25, -0.2) is 14.6 Å². The molecule has 0 unspecified atom stereocenters. The van der Waals surface area contributed by atoms with E-state index in [-0.39, 0.29) is 16.4 Å². The van der Waals surface area contributed by atoms with E-state index in [0.29, 0.717) is 11.4 Å². The Morgan fingerprint density at radius 1 is 1.14 bits per heavy atom. The SMILES string of the molecule is Cc1c(Cl)nc(C(C)(C)C)nc1-n1ccc(C(F)(F)F)n1. The molecule has 0 aliphatic carbocycles. The summed E-state index contributed by atoms with van der Waals surface area (Å²) in [7, 11) is 0. The van der Waals surface area contributed by atoms with E-state index in [4.69, 9.17) is 11.6 Å². The molecule has 2 rings (SSSR count). The molecule has 0 bridgehead atoms. The second-order valence-corrected chi connectivity index (χ2v) is 6.04. The molecule has 2 aromatic heterocycles. The first-order valence-corrected chi connectivity index (χ1v) is 6.56. The Labute approximate surface area is 125 Å². The van der Waals surface area contributed by atoms with E-state index >= 15 is 0 Å². The molecular weight excluding hydrogens is 305 g/mol. The molecule has 0 amide bonds. The van der Waals surface area contributed by atoms with Gasteiger partial charge >= 0.3 is 6.18 Å². The Hall–Kier alpha value is -1.63. The number of hydrogen-bond acceptors (Lipinski definition) is 3. The highest BCUT2D eigenvalue weighted by Gasteiger charge is 2.34. The van der Waals surface area contributed by atoms with Crippen molar-refractivity contribution in [2.75, 3.05) is 0 Å². The Morgan fingerprint density at radius 2 is 1.76 bits per heavy atom. The number of halogens is 4. The molecular formula is C13H14ClF3N4. The Bertz CT molecular complexity index is 671. The van der Waals surface area contributed by atoms with Crippen LogP contribution in [0.15, 0.2) is 12.3 Å². The summed E-state index contributed by atoms with van der Waals surface area (Å²) in [6.45, 7) is 7.31. The molecule has 0 fully saturated rings. The van der Waals surface area contributed by atoms with E-state index < -0.39 is 11.9 Å². The Balaban J connectivity index is 2.58. The smallest absolute Gasteiger partial charge is 0.222 e. The van der Waals surface area contributed by atoms with Crippen LogP contribution in [-0.2, 0) is 11.6 Å². The molecule has 8 heteroatoms. The fraction of sp³-hybridized carbons (Fsp3) is 0.462. The zero-order chi connectivity index (χ0) is 16.0. The minimum Gasteiger partial charge on any atom is -0.222 e. The summed E-state index contributed by atoms with van der Waals surface area (Å²) >= 11 is 6.06. The highest BCUT2D eigenvalue weighted by Crippen LogP contribution is 2.29. The summed E-state index contributed by atoms with van der Waals surface area (Å²) in [4.78, 5) is 8.48. The maximum absolute atomic E-state index is 12.6. The molecule has 114 valence electrons. The van der Waals surface area contributed by atoms with Gasteiger partial charge in [-0.3, -0.25) is 0 Å². The van der Waals surface area contributed by atoms with Crippen LogP contribution >= 0.6 is 11.6 Å². The van der Waals surface area contributed by atoms with Gasteiger partial charge in [0.25, 0.3) is 0 Å². The average molecular weight is 319 g/mol. The average Bonchev–Trinajstić information content (AvgIpc) is 2.80. The third-order valence-electron chi connectivity index (χ3n) is 2.83. The molecule has 0 atom stereocenters. The molecule has 0 saturated carbocycles. The van der Waals surface area contributed by atoms with Crippen LogP contribution in [0, 0.1) is 6.92 Å². The normalized spacial score (nSPS) is 12.8. The second-order valence-electron chi connectivity index (χ2n) is 5.68. The lowest BCUT2D eigenvalue weighted by Gasteiger charge is -2.18. The fourth-order valence-electron chi connectivity index (χ4n) is 1.63. The van der Waals surface area contributed by atoms with E-state index in [1.807, 2.05) is 20.8 Å². The van der Waals surface area contributed by atoms with Crippen molar-refractivity contribution in [2.45, 2.75) is 39.3 Å². The van der Waals surface area contributed by atoms with Gasteiger partial charge in [-0.15, -0.1) is 0 Å². The maximum atomic E-state index is 12.6. The molecule has 0 aliphatic heterocycles. The van der Waals surface area contributed by atoms with Gasteiger partial charge in [-0.2, -0.15) is 18.3 Å². The fourth-order valence-corrected chi connectivity index (χ4v) is 1.79. The third-order valence-corrected chi connectivity index (χ3v) is 3.20. The van der Waals surface area contributed by atoms with E-state index in [0.717, 1.165) is 10.7 Å². The van der Waals surface area contributed by atoms with Crippen molar-refractivity contribution < 1.29 is 13.2 Å². The van der Waals surface area contributed by atoms with E-state index in [1.165, 1.54) is 6.20 Å². The Morgan fingerprint density at radius 3 is 2.24 bits per heavy atom.